The lowest BCUT2D eigenvalue weighted by Gasteiger charge is -2.19. The number of hydrogen-bond acceptors (Lipinski definition) is 3. The van der Waals surface area contributed by atoms with Gasteiger partial charge in [-0.1, -0.05) is 0 Å². The van der Waals surface area contributed by atoms with Gasteiger partial charge >= 0.3 is 0 Å². The van der Waals surface area contributed by atoms with E-state index in [1.807, 2.05) is 0 Å². The Bertz CT molecular complexity index is 462. The first kappa shape index (κ1) is 13.9. The highest BCUT2D eigenvalue weighted by atomic mass is 19.1. The topological polar surface area (TPSA) is 64.4 Å². The molecule has 1 aliphatic rings. The Morgan fingerprint density at radius 2 is 2.32 bits per heavy atom. The summed E-state index contributed by atoms with van der Waals surface area (Å²) in [4.78, 5) is 11.4. The quantitative estimate of drug-likeness (QED) is 0.846. The van der Waals surface area contributed by atoms with Crippen molar-refractivity contribution >= 4 is 5.91 Å². The summed E-state index contributed by atoms with van der Waals surface area (Å²) < 4.78 is 32.2. The van der Waals surface area contributed by atoms with Crippen LogP contribution in [0.3, 0.4) is 0 Å². The third-order valence-corrected chi connectivity index (χ3v) is 3.13. The lowest BCUT2D eigenvalue weighted by molar-refractivity contribution is -0.120. The van der Waals surface area contributed by atoms with Crippen LogP contribution in [0.15, 0.2) is 18.2 Å². The molecular weight excluding hydrogens is 254 g/mol. The molecule has 2 unspecified atom stereocenters. The van der Waals surface area contributed by atoms with Crippen molar-refractivity contribution < 1.29 is 18.3 Å². The molecular formula is C13H16F2N2O2. The zero-order chi connectivity index (χ0) is 13.8. The molecule has 0 bridgehead atoms. The summed E-state index contributed by atoms with van der Waals surface area (Å²) in [5.74, 6) is -2.02. The maximum Gasteiger partial charge on any atom is 0.239 e. The molecule has 1 aromatic carbocycles. The van der Waals surface area contributed by atoms with Gasteiger partial charge in [-0.3, -0.25) is 10.1 Å². The molecule has 1 fully saturated rings. The number of nitrogens with two attached hydrogens (primary N) is 1. The van der Waals surface area contributed by atoms with Crippen LogP contribution >= 0.6 is 0 Å². The first-order valence-corrected chi connectivity index (χ1v) is 6.17. The highest BCUT2D eigenvalue weighted by Gasteiger charge is 2.24. The molecule has 1 aliphatic heterocycles. The van der Waals surface area contributed by atoms with Crippen molar-refractivity contribution in [3.63, 3.8) is 0 Å². The second kappa shape index (κ2) is 6.08. The Hall–Kier alpha value is -1.53. The summed E-state index contributed by atoms with van der Waals surface area (Å²) >= 11 is 0. The van der Waals surface area contributed by atoms with E-state index in [1.54, 1.807) is 0 Å². The molecule has 0 aromatic heterocycles. The van der Waals surface area contributed by atoms with Crippen molar-refractivity contribution in [2.24, 2.45) is 5.73 Å². The fourth-order valence-corrected chi connectivity index (χ4v) is 2.15. The molecule has 0 radical (unpaired) electrons. The largest absolute Gasteiger partial charge is 0.377 e. The predicted molar refractivity (Wildman–Crippen MR) is 65.3 cm³/mol. The second-order valence-electron chi connectivity index (χ2n) is 4.54. The van der Waals surface area contributed by atoms with Gasteiger partial charge in [0.1, 0.15) is 17.7 Å². The molecule has 1 amide bonds. The van der Waals surface area contributed by atoms with Gasteiger partial charge in [-0.25, -0.2) is 8.78 Å². The smallest absolute Gasteiger partial charge is 0.239 e. The number of rotatable bonds is 5. The van der Waals surface area contributed by atoms with Gasteiger partial charge in [-0.15, -0.1) is 0 Å². The van der Waals surface area contributed by atoms with E-state index in [0.29, 0.717) is 13.2 Å². The minimum absolute atomic E-state index is 0.0153. The summed E-state index contributed by atoms with van der Waals surface area (Å²) in [5, 5.41) is 2.84. The fourth-order valence-electron chi connectivity index (χ4n) is 2.15. The Balaban J connectivity index is 2.10. The van der Waals surface area contributed by atoms with Crippen LogP contribution in [0.5, 0.6) is 0 Å². The lowest BCUT2D eigenvalue weighted by atomic mass is 10.0. The number of ether oxygens (including phenoxy) is 1. The van der Waals surface area contributed by atoms with E-state index in [0.717, 1.165) is 31.0 Å². The maximum atomic E-state index is 13.6. The highest BCUT2D eigenvalue weighted by Crippen LogP contribution is 2.19. The number of primary amides is 1. The monoisotopic (exact) mass is 270 g/mol. The zero-order valence-corrected chi connectivity index (χ0v) is 10.4. The van der Waals surface area contributed by atoms with Crippen LogP contribution in [0.2, 0.25) is 0 Å². The average Bonchev–Trinajstić information content (AvgIpc) is 2.86. The Morgan fingerprint density at radius 3 is 2.95 bits per heavy atom. The predicted octanol–water partition coefficient (Wildman–Crippen LogP) is 1.26. The first-order chi connectivity index (χ1) is 9.08. The molecule has 1 heterocycles. The number of hydrogen-bond donors (Lipinski definition) is 2. The minimum atomic E-state index is -1.06. The van der Waals surface area contributed by atoms with Crippen LogP contribution in [0.1, 0.15) is 24.4 Å². The Labute approximate surface area is 109 Å². The number of halogens is 2. The first-order valence-electron chi connectivity index (χ1n) is 6.17. The summed E-state index contributed by atoms with van der Waals surface area (Å²) in [7, 11) is 0. The molecule has 4 nitrogen and oxygen atoms in total. The van der Waals surface area contributed by atoms with Gasteiger partial charge in [-0.05, 0) is 31.0 Å². The van der Waals surface area contributed by atoms with E-state index in [-0.39, 0.29) is 11.7 Å². The van der Waals surface area contributed by atoms with Crippen molar-refractivity contribution in [1.82, 2.24) is 5.32 Å². The van der Waals surface area contributed by atoms with E-state index in [1.165, 1.54) is 0 Å². The van der Waals surface area contributed by atoms with E-state index in [2.05, 4.69) is 5.32 Å². The Morgan fingerprint density at radius 1 is 1.53 bits per heavy atom. The second-order valence-corrected chi connectivity index (χ2v) is 4.54. The van der Waals surface area contributed by atoms with Crippen LogP contribution in [-0.2, 0) is 9.53 Å². The van der Waals surface area contributed by atoms with Crippen LogP contribution in [0, 0.1) is 11.6 Å². The van der Waals surface area contributed by atoms with Crippen molar-refractivity contribution in [2.45, 2.75) is 25.0 Å². The average molecular weight is 270 g/mol. The molecule has 2 rings (SSSR count). The molecule has 0 spiro atoms. The van der Waals surface area contributed by atoms with E-state index in [9.17, 15) is 13.6 Å². The van der Waals surface area contributed by atoms with Crippen molar-refractivity contribution in [3.8, 4) is 0 Å². The molecule has 2 atom stereocenters. The number of amides is 1. The van der Waals surface area contributed by atoms with E-state index in [4.69, 9.17) is 10.5 Å². The van der Waals surface area contributed by atoms with Crippen LogP contribution < -0.4 is 11.1 Å². The van der Waals surface area contributed by atoms with E-state index < -0.39 is 23.6 Å². The number of nitrogens with one attached hydrogen (secondary N) is 1. The maximum absolute atomic E-state index is 13.6. The number of carbonyl (C=O) groups excluding carboxylic acids is 1. The van der Waals surface area contributed by atoms with Crippen molar-refractivity contribution in [3.05, 3.63) is 35.4 Å². The van der Waals surface area contributed by atoms with Crippen LogP contribution in [0.25, 0.3) is 0 Å². The van der Waals surface area contributed by atoms with Gasteiger partial charge in [0.2, 0.25) is 5.91 Å². The molecule has 1 aromatic rings. The molecule has 6 heteroatoms. The minimum Gasteiger partial charge on any atom is -0.377 e. The van der Waals surface area contributed by atoms with Gasteiger partial charge in [0.15, 0.2) is 0 Å². The number of carbonyl (C=O) groups is 1. The normalized spacial score (nSPS) is 20.4. The van der Waals surface area contributed by atoms with Crippen molar-refractivity contribution in [2.75, 3.05) is 13.2 Å². The van der Waals surface area contributed by atoms with Crippen LogP contribution in [0.4, 0.5) is 8.78 Å². The zero-order valence-electron chi connectivity index (χ0n) is 10.4. The highest BCUT2D eigenvalue weighted by molar-refractivity contribution is 5.81. The Kier molecular flexibility index (Phi) is 4.44. The molecule has 0 aliphatic carbocycles. The third-order valence-electron chi connectivity index (χ3n) is 3.13. The third kappa shape index (κ3) is 3.48. The van der Waals surface area contributed by atoms with Gasteiger partial charge in [0, 0.05) is 18.7 Å². The molecule has 19 heavy (non-hydrogen) atoms. The fraction of sp³-hybridized carbons (Fsp3) is 0.462. The molecule has 0 saturated carbocycles. The number of benzene rings is 1. The summed E-state index contributed by atoms with van der Waals surface area (Å²) in [5.41, 5.74) is 5.16. The summed E-state index contributed by atoms with van der Waals surface area (Å²) in [6.45, 7) is 1.06. The molecule has 104 valence electrons. The SMILES string of the molecule is NC(=O)C(NCC1CCCO1)c1cc(F)ccc1F. The standard InChI is InChI=1S/C13H16F2N2O2/c14-8-3-4-11(15)10(6-8)12(13(16)18)17-7-9-2-1-5-19-9/h3-4,6,9,12,17H,1-2,5,7H2,(H2,16,18). The van der Waals surface area contributed by atoms with Gasteiger partial charge in [0.25, 0.3) is 0 Å². The van der Waals surface area contributed by atoms with Crippen LogP contribution in [-0.4, -0.2) is 25.2 Å². The lowest BCUT2D eigenvalue weighted by Crippen LogP contribution is -2.38. The molecule has 3 N–H and O–H groups in total. The van der Waals surface area contributed by atoms with Gasteiger partial charge < -0.3 is 10.5 Å². The summed E-state index contributed by atoms with van der Waals surface area (Å²) in [6.07, 6.45) is 1.82. The molecule has 1 saturated heterocycles. The van der Waals surface area contributed by atoms with Gasteiger partial charge in [-0.2, -0.15) is 0 Å². The van der Waals surface area contributed by atoms with E-state index >= 15 is 0 Å². The van der Waals surface area contributed by atoms with Gasteiger partial charge in [0.05, 0.1) is 6.10 Å². The van der Waals surface area contributed by atoms with Crippen molar-refractivity contribution in [1.29, 1.82) is 0 Å². The summed E-state index contributed by atoms with van der Waals surface area (Å²) in [6, 6.07) is 1.90.